The molecule has 7 heteroatoms. The molecule has 2 aliphatic heterocycles. The molecule has 1 aromatic rings. The summed E-state index contributed by atoms with van der Waals surface area (Å²) in [5, 5.41) is 14.9. The Bertz CT molecular complexity index is 421. The molecule has 0 aromatic carbocycles. The molecule has 2 aliphatic rings. The van der Waals surface area contributed by atoms with E-state index in [0.717, 1.165) is 31.2 Å². The normalized spacial score (nSPS) is 28.4. The predicted octanol–water partition coefficient (Wildman–Crippen LogP) is 0.849. The van der Waals surface area contributed by atoms with Crippen molar-refractivity contribution < 1.29 is 4.92 Å². The Morgan fingerprint density at radius 2 is 2.50 bits per heavy atom. The third-order valence-electron chi connectivity index (χ3n) is 3.35. The average molecular weight is 240 g/mol. The molecule has 2 saturated heterocycles. The first kappa shape index (κ1) is 9.98. The zero-order chi connectivity index (χ0) is 11.1. The van der Waals surface area contributed by atoms with E-state index < -0.39 is 0 Å². The van der Waals surface area contributed by atoms with Crippen LogP contribution < -0.4 is 10.2 Å². The smallest absolute Gasteiger partial charge is 0.343 e. The Balaban J connectivity index is 1.83. The van der Waals surface area contributed by atoms with Crippen LogP contribution in [0.4, 0.5) is 10.1 Å². The van der Waals surface area contributed by atoms with E-state index in [2.05, 4.69) is 15.2 Å². The van der Waals surface area contributed by atoms with Crippen molar-refractivity contribution in [2.45, 2.75) is 12.5 Å². The number of rotatable bonds is 2. The number of anilines is 1. The average Bonchev–Trinajstić information content (AvgIpc) is 2.92. The number of thiazole rings is 1. The molecule has 1 aromatic heterocycles. The molecule has 0 radical (unpaired) electrons. The molecule has 0 amide bonds. The van der Waals surface area contributed by atoms with Crippen molar-refractivity contribution in [3.05, 3.63) is 16.3 Å². The summed E-state index contributed by atoms with van der Waals surface area (Å²) in [7, 11) is 0. The summed E-state index contributed by atoms with van der Waals surface area (Å²) < 4.78 is 0. The molecule has 2 atom stereocenters. The van der Waals surface area contributed by atoms with E-state index in [-0.39, 0.29) is 9.92 Å². The van der Waals surface area contributed by atoms with E-state index in [4.69, 9.17) is 0 Å². The van der Waals surface area contributed by atoms with Crippen LogP contribution in [-0.4, -0.2) is 35.6 Å². The quantitative estimate of drug-likeness (QED) is 0.613. The largest absolute Gasteiger partial charge is 0.345 e. The van der Waals surface area contributed by atoms with Crippen molar-refractivity contribution in [2.24, 2.45) is 5.92 Å². The number of nitrogens with zero attached hydrogens (tertiary/aromatic N) is 3. The van der Waals surface area contributed by atoms with E-state index >= 15 is 0 Å². The minimum absolute atomic E-state index is 0.129. The van der Waals surface area contributed by atoms with Crippen LogP contribution in [-0.2, 0) is 0 Å². The fourth-order valence-corrected chi connectivity index (χ4v) is 3.38. The first-order valence-electron chi connectivity index (χ1n) is 5.33. The zero-order valence-corrected chi connectivity index (χ0v) is 9.44. The molecule has 0 unspecified atom stereocenters. The second-order valence-electron chi connectivity index (χ2n) is 4.21. The highest BCUT2D eigenvalue weighted by Crippen LogP contribution is 2.36. The number of nitro groups is 1. The van der Waals surface area contributed by atoms with Crippen molar-refractivity contribution in [3.63, 3.8) is 0 Å². The summed E-state index contributed by atoms with van der Waals surface area (Å²) in [5.41, 5.74) is 0. The number of aromatic nitrogens is 1. The summed E-state index contributed by atoms with van der Waals surface area (Å²) in [4.78, 5) is 16.6. The van der Waals surface area contributed by atoms with Crippen molar-refractivity contribution in [1.82, 2.24) is 10.3 Å². The third kappa shape index (κ3) is 1.47. The van der Waals surface area contributed by atoms with Gasteiger partial charge in [0.1, 0.15) is 6.20 Å². The van der Waals surface area contributed by atoms with E-state index in [1.807, 2.05) is 0 Å². The molecule has 0 aliphatic carbocycles. The van der Waals surface area contributed by atoms with E-state index in [1.165, 1.54) is 17.5 Å². The van der Waals surface area contributed by atoms with Crippen LogP contribution in [0.1, 0.15) is 6.42 Å². The summed E-state index contributed by atoms with van der Waals surface area (Å²) in [5.74, 6) is 0.683. The fourth-order valence-electron chi connectivity index (χ4n) is 2.56. The van der Waals surface area contributed by atoms with Crippen molar-refractivity contribution >= 4 is 21.5 Å². The maximum Gasteiger partial charge on any atom is 0.345 e. The topological polar surface area (TPSA) is 71.3 Å². The maximum atomic E-state index is 10.6. The zero-order valence-electron chi connectivity index (χ0n) is 8.63. The van der Waals surface area contributed by atoms with Gasteiger partial charge in [0.2, 0.25) is 0 Å². The van der Waals surface area contributed by atoms with Crippen LogP contribution in [0.15, 0.2) is 6.20 Å². The highest BCUT2D eigenvalue weighted by atomic mass is 32.1. The van der Waals surface area contributed by atoms with Gasteiger partial charge in [-0.25, -0.2) is 4.98 Å². The highest BCUT2D eigenvalue weighted by molar-refractivity contribution is 7.18. The molecule has 3 rings (SSSR count). The molecular weight excluding hydrogens is 228 g/mol. The minimum atomic E-state index is -0.373. The van der Waals surface area contributed by atoms with Crippen LogP contribution in [0.3, 0.4) is 0 Å². The van der Waals surface area contributed by atoms with Crippen LogP contribution in [0.25, 0.3) is 0 Å². The fraction of sp³-hybridized carbons (Fsp3) is 0.667. The number of nitrogens with one attached hydrogen (secondary N) is 1. The van der Waals surface area contributed by atoms with Gasteiger partial charge in [0, 0.05) is 25.7 Å². The van der Waals surface area contributed by atoms with Crippen LogP contribution in [0.2, 0.25) is 0 Å². The lowest BCUT2D eigenvalue weighted by molar-refractivity contribution is -0.380. The summed E-state index contributed by atoms with van der Waals surface area (Å²) >= 11 is 1.18. The maximum absolute atomic E-state index is 10.6. The molecule has 0 saturated carbocycles. The van der Waals surface area contributed by atoms with Gasteiger partial charge >= 0.3 is 5.00 Å². The number of hydrogen-bond donors (Lipinski definition) is 1. The number of hydrogen-bond acceptors (Lipinski definition) is 6. The van der Waals surface area contributed by atoms with Crippen molar-refractivity contribution in [1.29, 1.82) is 0 Å². The van der Waals surface area contributed by atoms with Gasteiger partial charge < -0.3 is 10.2 Å². The van der Waals surface area contributed by atoms with Gasteiger partial charge in [0.05, 0.1) is 4.92 Å². The minimum Gasteiger partial charge on any atom is -0.343 e. The molecular formula is C9H12N4O2S. The van der Waals surface area contributed by atoms with Crippen molar-refractivity contribution in [3.8, 4) is 0 Å². The molecule has 3 heterocycles. The van der Waals surface area contributed by atoms with E-state index in [0.29, 0.717) is 12.0 Å². The van der Waals surface area contributed by atoms with Gasteiger partial charge in [-0.05, 0) is 23.7 Å². The Hall–Kier alpha value is -1.21. The van der Waals surface area contributed by atoms with Crippen molar-refractivity contribution in [2.75, 3.05) is 24.5 Å². The lowest BCUT2D eigenvalue weighted by Gasteiger charge is -2.21. The predicted molar refractivity (Wildman–Crippen MR) is 60.9 cm³/mol. The molecule has 0 spiro atoms. The van der Waals surface area contributed by atoms with Gasteiger partial charge in [-0.15, -0.1) is 0 Å². The van der Waals surface area contributed by atoms with E-state index in [1.54, 1.807) is 0 Å². The second kappa shape index (κ2) is 3.67. The van der Waals surface area contributed by atoms with Gasteiger partial charge in [0.25, 0.3) is 0 Å². The Morgan fingerprint density at radius 3 is 3.25 bits per heavy atom. The summed E-state index contributed by atoms with van der Waals surface area (Å²) in [6.45, 7) is 3.01. The Labute approximate surface area is 96.4 Å². The molecule has 0 bridgehead atoms. The third-order valence-corrected chi connectivity index (χ3v) is 4.34. The molecule has 6 nitrogen and oxygen atoms in total. The molecule has 2 fully saturated rings. The SMILES string of the molecule is O=[N+]([O-])c1cnc(N2CC[C@H]3CNC[C@H]32)s1. The van der Waals surface area contributed by atoms with Crippen LogP contribution in [0, 0.1) is 16.0 Å². The molecule has 86 valence electrons. The van der Waals surface area contributed by atoms with Gasteiger partial charge in [-0.1, -0.05) is 0 Å². The van der Waals surface area contributed by atoms with Crippen LogP contribution in [0.5, 0.6) is 0 Å². The highest BCUT2D eigenvalue weighted by Gasteiger charge is 2.39. The van der Waals surface area contributed by atoms with Crippen LogP contribution >= 0.6 is 11.3 Å². The van der Waals surface area contributed by atoms with E-state index in [9.17, 15) is 10.1 Å². The summed E-state index contributed by atoms with van der Waals surface area (Å²) in [6.07, 6.45) is 2.51. The first-order chi connectivity index (χ1) is 7.75. The molecule has 16 heavy (non-hydrogen) atoms. The Morgan fingerprint density at radius 1 is 1.62 bits per heavy atom. The summed E-state index contributed by atoms with van der Waals surface area (Å²) in [6, 6.07) is 0.478. The lowest BCUT2D eigenvalue weighted by atomic mass is 10.1. The Kier molecular flexibility index (Phi) is 2.29. The monoisotopic (exact) mass is 240 g/mol. The standard InChI is InChI=1S/C9H12N4O2S/c14-13(15)8-5-11-9(16-8)12-2-1-6-3-10-4-7(6)12/h5-7,10H,1-4H2/t6-,7+/m0/s1. The van der Waals surface area contributed by atoms with Gasteiger partial charge in [-0.3, -0.25) is 10.1 Å². The lowest BCUT2D eigenvalue weighted by Crippen LogP contribution is -2.33. The van der Waals surface area contributed by atoms with Gasteiger partial charge in [-0.2, -0.15) is 0 Å². The van der Waals surface area contributed by atoms with Gasteiger partial charge in [0.15, 0.2) is 5.13 Å². The second-order valence-corrected chi connectivity index (χ2v) is 5.19. The first-order valence-corrected chi connectivity index (χ1v) is 6.15. The number of fused-ring (bicyclic) bond motifs is 1. The molecule has 1 N–H and O–H groups in total.